The van der Waals surface area contributed by atoms with Gasteiger partial charge in [-0.15, -0.1) is 0 Å². The molecule has 1 heterocycles. The summed E-state index contributed by atoms with van der Waals surface area (Å²) in [5.41, 5.74) is -0.127. The van der Waals surface area contributed by atoms with E-state index in [0.717, 1.165) is 6.39 Å². The van der Waals surface area contributed by atoms with Crippen molar-refractivity contribution in [3.05, 3.63) is 46.8 Å². The lowest BCUT2D eigenvalue weighted by Crippen LogP contribution is -2.28. The maximum atomic E-state index is 13.6. The molecule has 18 heavy (non-hydrogen) atoms. The van der Waals surface area contributed by atoms with Crippen molar-refractivity contribution >= 4 is 17.5 Å². The van der Waals surface area contributed by atoms with Crippen molar-refractivity contribution in [3.8, 4) is 0 Å². The van der Waals surface area contributed by atoms with E-state index in [1.807, 2.05) is 0 Å². The second kappa shape index (κ2) is 5.14. The summed E-state index contributed by atoms with van der Waals surface area (Å²) in [5, 5.41) is 6.02. The zero-order chi connectivity index (χ0) is 13.1. The Morgan fingerprint density at radius 3 is 3.00 bits per heavy atom. The summed E-state index contributed by atoms with van der Waals surface area (Å²) in [6.45, 7) is 1.66. The summed E-state index contributed by atoms with van der Waals surface area (Å²) in [7, 11) is 0. The summed E-state index contributed by atoms with van der Waals surface area (Å²) < 4.78 is 18.2. The first-order chi connectivity index (χ1) is 8.59. The average molecular weight is 270 g/mol. The minimum absolute atomic E-state index is 0.102. The lowest BCUT2D eigenvalue weighted by Gasteiger charge is -2.10. The Morgan fingerprint density at radius 2 is 2.33 bits per heavy atom. The van der Waals surface area contributed by atoms with E-state index in [4.69, 9.17) is 11.6 Å². The fourth-order valence-corrected chi connectivity index (χ4v) is 1.56. The highest BCUT2D eigenvalue weighted by Gasteiger charge is 2.18. The molecule has 1 atom stereocenters. The molecule has 0 bridgehead atoms. The minimum Gasteiger partial charge on any atom is -0.343 e. The maximum absolute atomic E-state index is 13.6. The number of rotatable bonds is 3. The molecule has 0 aliphatic carbocycles. The van der Waals surface area contributed by atoms with Gasteiger partial charge in [-0.05, 0) is 19.1 Å². The third-order valence-electron chi connectivity index (χ3n) is 2.31. The van der Waals surface area contributed by atoms with Crippen molar-refractivity contribution in [1.29, 1.82) is 0 Å². The first-order valence-electron chi connectivity index (χ1n) is 5.10. The van der Waals surface area contributed by atoms with E-state index < -0.39 is 17.8 Å². The molecule has 7 heteroatoms. The summed E-state index contributed by atoms with van der Waals surface area (Å²) in [5.74, 6) is -1.03. The summed E-state index contributed by atoms with van der Waals surface area (Å²) >= 11 is 5.60. The van der Waals surface area contributed by atoms with Crippen molar-refractivity contribution < 1.29 is 13.7 Å². The molecule has 2 aromatic rings. The number of benzene rings is 1. The Balaban J connectivity index is 2.15. The lowest BCUT2D eigenvalue weighted by molar-refractivity contribution is 0.0934. The zero-order valence-corrected chi connectivity index (χ0v) is 10.1. The monoisotopic (exact) mass is 269 g/mol. The quantitative estimate of drug-likeness (QED) is 0.929. The van der Waals surface area contributed by atoms with E-state index in [0.29, 0.717) is 5.82 Å². The highest BCUT2D eigenvalue weighted by atomic mass is 35.5. The Bertz CT molecular complexity index is 559. The molecular formula is C11H9ClFN3O2. The van der Waals surface area contributed by atoms with E-state index in [1.165, 1.54) is 18.2 Å². The molecule has 1 aromatic heterocycles. The smallest absolute Gasteiger partial charge is 0.254 e. The van der Waals surface area contributed by atoms with E-state index in [-0.39, 0.29) is 10.6 Å². The number of amides is 1. The topological polar surface area (TPSA) is 68.0 Å². The predicted molar refractivity (Wildman–Crippen MR) is 61.6 cm³/mol. The SMILES string of the molecule is CC(NC(=O)c1cccc(Cl)c1F)c1ncon1. The van der Waals surface area contributed by atoms with Crippen LogP contribution in [0.15, 0.2) is 29.1 Å². The molecule has 5 nitrogen and oxygen atoms in total. The fourth-order valence-electron chi connectivity index (χ4n) is 1.39. The molecule has 1 aromatic carbocycles. The number of hydrogen-bond acceptors (Lipinski definition) is 4. The first-order valence-corrected chi connectivity index (χ1v) is 5.48. The van der Waals surface area contributed by atoms with Crippen LogP contribution in [0.5, 0.6) is 0 Å². The Morgan fingerprint density at radius 1 is 1.56 bits per heavy atom. The van der Waals surface area contributed by atoms with Crippen LogP contribution < -0.4 is 5.32 Å². The maximum Gasteiger partial charge on any atom is 0.254 e. The summed E-state index contributed by atoms with van der Waals surface area (Å²) in [6.07, 6.45) is 1.15. The normalized spacial score (nSPS) is 12.2. The van der Waals surface area contributed by atoms with Gasteiger partial charge in [0.25, 0.3) is 5.91 Å². The van der Waals surface area contributed by atoms with E-state index in [9.17, 15) is 9.18 Å². The number of carbonyl (C=O) groups is 1. The third kappa shape index (κ3) is 2.48. The van der Waals surface area contributed by atoms with Crippen molar-refractivity contribution in [1.82, 2.24) is 15.5 Å². The molecule has 0 fully saturated rings. The average Bonchev–Trinajstić information content (AvgIpc) is 2.86. The molecule has 0 saturated heterocycles. The van der Waals surface area contributed by atoms with Crippen LogP contribution in [0.1, 0.15) is 29.1 Å². The molecule has 1 N–H and O–H groups in total. The molecular weight excluding hydrogens is 261 g/mol. The largest absolute Gasteiger partial charge is 0.343 e. The predicted octanol–water partition coefficient (Wildman–Crippen LogP) is 2.35. The number of nitrogens with one attached hydrogen (secondary N) is 1. The second-order valence-electron chi connectivity index (χ2n) is 3.59. The van der Waals surface area contributed by atoms with Crippen LogP contribution >= 0.6 is 11.6 Å². The molecule has 0 aliphatic heterocycles. The molecule has 1 unspecified atom stereocenters. The van der Waals surface area contributed by atoms with Gasteiger partial charge < -0.3 is 9.84 Å². The highest BCUT2D eigenvalue weighted by molar-refractivity contribution is 6.31. The molecule has 1 amide bonds. The lowest BCUT2D eigenvalue weighted by atomic mass is 10.2. The van der Waals surface area contributed by atoms with E-state index in [1.54, 1.807) is 6.92 Å². The zero-order valence-electron chi connectivity index (χ0n) is 9.35. The highest BCUT2D eigenvalue weighted by Crippen LogP contribution is 2.18. The van der Waals surface area contributed by atoms with Gasteiger partial charge in [-0.1, -0.05) is 22.8 Å². The van der Waals surface area contributed by atoms with Crippen LogP contribution in [0, 0.1) is 5.82 Å². The van der Waals surface area contributed by atoms with Crippen molar-refractivity contribution in [3.63, 3.8) is 0 Å². The van der Waals surface area contributed by atoms with Crippen molar-refractivity contribution in [2.75, 3.05) is 0 Å². The molecule has 2 rings (SSSR count). The van der Waals surface area contributed by atoms with Crippen LogP contribution in [-0.4, -0.2) is 16.0 Å². The van der Waals surface area contributed by atoms with E-state index in [2.05, 4.69) is 20.0 Å². The van der Waals surface area contributed by atoms with Crippen LogP contribution in [0.3, 0.4) is 0 Å². The Hall–Kier alpha value is -1.95. The number of nitrogens with zero attached hydrogens (tertiary/aromatic N) is 2. The molecule has 0 aliphatic rings. The number of carbonyl (C=O) groups excluding carboxylic acids is 1. The standard InChI is InChI=1S/C11H9ClFN3O2/c1-6(10-14-5-18-16-10)15-11(17)7-3-2-4-8(12)9(7)13/h2-6H,1H3,(H,15,17). The van der Waals surface area contributed by atoms with Gasteiger partial charge in [0, 0.05) is 0 Å². The molecule has 0 radical (unpaired) electrons. The van der Waals surface area contributed by atoms with Gasteiger partial charge in [-0.2, -0.15) is 4.98 Å². The molecule has 94 valence electrons. The third-order valence-corrected chi connectivity index (χ3v) is 2.60. The summed E-state index contributed by atoms with van der Waals surface area (Å²) in [6, 6.07) is 3.73. The van der Waals surface area contributed by atoms with Crippen LogP contribution in [0.2, 0.25) is 5.02 Å². The Labute approximate surface area is 107 Å². The number of aromatic nitrogens is 2. The van der Waals surface area contributed by atoms with Crippen LogP contribution in [0.25, 0.3) is 0 Å². The number of halogens is 2. The minimum atomic E-state index is -0.753. The summed E-state index contributed by atoms with van der Waals surface area (Å²) in [4.78, 5) is 15.6. The van der Waals surface area contributed by atoms with Crippen molar-refractivity contribution in [2.24, 2.45) is 0 Å². The Kier molecular flexibility index (Phi) is 3.57. The second-order valence-corrected chi connectivity index (χ2v) is 3.99. The van der Waals surface area contributed by atoms with Gasteiger partial charge in [0.05, 0.1) is 16.6 Å². The fraction of sp³-hybridized carbons (Fsp3) is 0.182. The van der Waals surface area contributed by atoms with Gasteiger partial charge >= 0.3 is 0 Å². The molecule has 0 saturated carbocycles. The van der Waals surface area contributed by atoms with Gasteiger partial charge in [0.15, 0.2) is 11.6 Å². The molecule has 0 spiro atoms. The van der Waals surface area contributed by atoms with Gasteiger partial charge in [0.2, 0.25) is 6.39 Å². The van der Waals surface area contributed by atoms with E-state index >= 15 is 0 Å². The van der Waals surface area contributed by atoms with Gasteiger partial charge in [-0.3, -0.25) is 4.79 Å². The van der Waals surface area contributed by atoms with Gasteiger partial charge in [0.1, 0.15) is 0 Å². The van der Waals surface area contributed by atoms with Crippen LogP contribution in [0.4, 0.5) is 4.39 Å². The first kappa shape index (κ1) is 12.5. The number of hydrogen-bond donors (Lipinski definition) is 1. The van der Waals surface area contributed by atoms with Crippen LogP contribution in [-0.2, 0) is 0 Å². The van der Waals surface area contributed by atoms with Crippen molar-refractivity contribution in [2.45, 2.75) is 13.0 Å². The van der Waals surface area contributed by atoms with Gasteiger partial charge in [-0.25, -0.2) is 4.39 Å².